The number of aromatic nitrogens is 2. The molecule has 228 valence electrons. The second-order valence-corrected chi connectivity index (χ2v) is 11.8. The van der Waals surface area contributed by atoms with Gasteiger partial charge in [0.05, 0.1) is 32.3 Å². The Balaban J connectivity index is 1.69. The summed E-state index contributed by atoms with van der Waals surface area (Å²) in [6, 6.07) is 9.52. The molecule has 43 heavy (non-hydrogen) atoms. The fraction of sp³-hybridized carbons (Fsp3) is 0.276. The maximum Gasteiger partial charge on any atom is 0.272 e. The quantitative estimate of drug-likeness (QED) is 0.170. The lowest BCUT2D eigenvalue weighted by atomic mass is 9.95. The van der Waals surface area contributed by atoms with Crippen molar-refractivity contribution in [2.45, 2.75) is 33.7 Å². The summed E-state index contributed by atoms with van der Waals surface area (Å²) in [5.74, 6) is -1.48. The number of carbonyl (C=O) groups is 2. The van der Waals surface area contributed by atoms with Crippen molar-refractivity contribution in [1.29, 1.82) is 0 Å². The maximum absolute atomic E-state index is 13.8. The number of anilines is 3. The summed E-state index contributed by atoms with van der Waals surface area (Å²) >= 11 is 19.0. The summed E-state index contributed by atoms with van der Waals surface area (Å²) in [5, 5.41) is 9.01. The van der Waals surface area contributed by atoms with Gasteiger partial charge in [-0.05, 0) is 35.9 Å². The van der Waals surface area contributed by atoms with E-state index < -0.39 is 30.2 Å². The van der Waals surface area contributed by atoms with Gasteiger partial charge in [0.2, 0.25) is 11.9 Å². The second-order valence-electron chi connectivity index (χ2n) is 10.6. The van der Waals surface area contributed by atoms with E-state index in [4.69, 9.17) is 39.5 Å². The highest BCUT2D eigenvalue weighted by molar-refractivity contribution is 6.39. The molecule has 4 aromatic rings. The van der Waals surface area contributed by atoms with Gasteiger partial charge in [0, 0.05) is 35.8 Å². The van der Waals surface area contributed by atoms with Crippen LogP contribution in [0.5, 0.6) is 5.75 Å². The van der Waals surface area contributed by atoms with Crippen LogP contribution in [0.1, 0.15) is 36.7 Å². The number of nitrogens with one attached hydrogen (secondary N) is 3. The molecule has 8 nitrogen and oxygen atoms in total. The number of fused-ring (bicyclic) bond motifs is 1. The molecule has 0 aliphatic carbocycles. The number of imidazole rings is 1. The summed E-state index contributed by atoms with van der Waals surface area (Å²) in [4.78, 5) is 30.1. The fourth-order valence-corrected chi connectivity index (χ4v) is 4.76. The van der Waals surface area contributed by atoms with Gasteiger partial charge in [-0.3, -0.25) is 9.59 Å². The monoisotopic (exact) mass is 655 g/mol. The van der Waals surface area contributed by atoms with Gasteiger partial charge in [-0.15, -0.1) is 0 Å². The predicted molar refractivity (Wildman–Crippen MR) is 163 cm³/mol. The van der Waals surface area contributed by atoms with Crippen LogP contribution in [0.25, 0.3) is 11.0 Å². The highest BCUT2D eigenvalue weighted by atomic mass is 35.5. The van der Waals surface area contributed by atoms with Gasteiger partial charge in [0.25, 0.3) is 12.3 Å². The van der Waals surface area contributed by atoms with Crippen molar-refractivity contribution in [1.82, 2.24) is 14.9 Å². The van der Waals surface area contributed by atoms with Crippen molar-refractivity contribution in [3.05, 3.63) is 74.5 Å². The highest BCUT2D eigenvalue weighted by Gasteiger charge is 2.23. The molecular weight excluding hydrogens is 630 g/mol. The van der Waals surface area contributed by atoms with Crippen LogP contribution in [-0.4, -0.2) is 34.4 Å². The van der Waals surface area contributed by atoms with Crippen molar-refractivity contribution in [3.63, 3.8) is 0 Å². The first kappa shape index (κ1) is 32.2. The van der Waals surface area contributed by atoms with Crippen LogP contribution in [0, 0.1) is 11.2 Å². The van der Waals surface area contributed by atoms with Crippen molar-refractivity contribution < 1.29 is 27.5 Å². The molecule has 0 saturated heterocycles. The molecule has 0 saturated carbocycles. The summed E-state index contributed by atoms with van der Waals surface area (Å²) in [7, 11) is 1.65. The number of ether oxygens (including phenoxy) is 1. The Labute approximate surface area is 260 Å². The summed E-state index contributed by atoms with van der Waals surface area (Å²) in [6.45, 7) is 4.56. The Hall–Kier alpha value is -3.67. The Kier molecular flexibility index (Phi) is 9.68. The van der Waals surface area contributed by atoms with Gasteiger partial charge >= 0.3 is 0 Å². The third-order valence-electron chi connectivity index (χ3n) is 6.24. The Morgan fingerprint density at radius 2 is 1.79 bits per heavy atom. The van der Waals surface area contributed by atoms with Gasteiger partial charge in [-0.2, -0.15) is 0 Å². The van der Waals surface area contributed by atoms with E-state index in [0.29, 0.717) is 22.3 Å². The average Bonchev–Trinajstić information content (AvgIpc) is 3.21. The van der Waals surface area contributed by atoms with Gasteiger partial charge in [0.1, 0.15) is 18.2 Å². The Bertz CT molecular complexity index is 1690. The topological polar surface area (TPSA) is 97.3 Å². The average molecular weight is 657 g/mol. The van der Waals surface area contributed by atoms with Crippen LogP contribution in [0.4, 0.5) is 30.5 Å². The van der Waals surface area contributed by atoms with Gasteiger partial charge in [0.15, 0.2) is 0 Å². The van der Waals surface area contributed by atoms with Crippen molar-refractivity contribution >= 4 is 75.0 Å². The molecule has 0 atom stereocenters. The molecule has 0 bridgehead atoms. The lowest BCUT2D eigenvalue weighted by molar-refractivity contribution is -0.128. The van der Waals surface area contributed by atoms with E-state index >= 15 is 0 Å². The van der Waals surface area contributed by atoms with E-state index in [1.807, 2.05) is 0 Å². The van der Waals surface area contributed by atoms with E-state index in [0.717, 1.165) is 12.1 Å². The summed E-state index contributed by atoms with van der Waals surface area (Å²) in [6.07, 6.45) is -2.80. The first-order valence-corrected chi connectivity index (χ1v) is 14.0. The highest BCUT2D eigenvalue weighted by Crippen LogP contribution is 2.37. The zero-order valence-corrected chi connectivity index (χ0v) is 25.7. The lowest BCUT2D eigenvalue weighted by Gasteiger charge is -2.19. The number of hydrogen-bond acceptors (Lipinski definition) is 5. The Morgan fingerprint density at radius 3 is 2.44 bits per heavy atom. The third kappa shape index (κ3) is 7.65. The molecule has 0 unspecified atom stereocenters. The molecule has 0 aliphatic rings. The van der Waals surface area contributed by atoms with Crippen LogP contribution in [0.2, 0.25) is 15.1 Å². The molecule has 3 aromatic carbocycles. The number of rotatable bonds is 9. The molecule has 4 rings (SSSR count). The third-order valence-corrected chi connectivity index (χ3v) is 7.21. The summed E-state index contributed by atoms with van der Waals surface area (Å²) < 4.78 is 46.8. The first-order chi connectivity index (χ1) is 20.1. The van der Waals surface area contributed by atoms with Crippen LogP contribution >= 0.6 is 34.8 Å². The van der Waals surface area contributed by atoms with E-state index in [2.05, 4.69) is 20.9 Å². The summed E-state index contributed by atoms with van der Waals surface area (Å²) in [5.41, 5.74) is 0.997. The van der Waals surface area contributed by atoms with Crippen LogP contribution in [0.15, 0.2) is 42.5 Å². The SMILES string of the molecule is Cn1c(Nc2c(Cl)ccc(CNC(=O)C(C)(C)C)c2Cl)nc2cc(C(=O)Nc3cc(F)cc(Cl)c3)c(OCC(F)F)cc21. The fourth-order valence-electron chi connectivity index (χ4n) is 4.00. The number of nitrogens with zero attached hydrogens (tertiary/aromatic N) is 2. The number of amides is 2. The van der Waals surface area contributed by atoms with Gasteiger partial charge in [-0.25, -0.2) is 18.2 Å². The molecular formula is C29H27Cl3F3N5O3. The number of aryl methyl sites for hydroxylation is 1. The maximum atomic E-state index is 13.8. The molecule has 0 aliphatic heterocycles. The molecule has 3 N–H and O–H groups in total. The molecule has 2 amide bonds. The number of alkyl halides is 2. The van der Waals surface area contributed by atoms with E-state index in [1.165, 1.54) is 18.2 Å². The Morgan fingerprint density at radius 1 is 1.07 bits per heavy atom. The van der Waals surface area contributed by atoms with Crippen molar-refractivity contribution in [2.75, 3.05) is 17.2 Å². The van der Waals surface area contributed by atoms with Gasteiger partial charge < -0.3 is 25.3 Å². The van der Waals surface area contributed by atoms with Gasteiger partial charge in [-0.1, -0.05) is 61.6 Å². The zero-order chi connectivity index (χ0) is 31.6. The smallest absolute Gasteiger partial charge is 0.272 e. The molecule has 1 heterocycles. The zero-order valence-electron chi connectivity index (χ0n) is 23.4. The van der Waals surface area contributed by atoms with Crippen molar-refractivity contribution in [2.24, 2.45) is 12.5 Å². The number of halogens is 6. The largest absolute Gasteiger partial charge is 0.487 e. The molecule has 1 aromatic heterocycles. The minimum atomic E-state index is -2.80. The predicted octanol–water partition coefficient (Wildman–Crippen LogP) is 7.97. The second kappa shape index (κ2) is 12.9. The van der Waals surface area contributed by atoms with Crippen LogP contribution in [-0.2, 0) is 18.4 Å². The normalized spacial score (nSPS) is 11.6. The molecule has 0 spiro atoms. The lowest BCUT2D eigenvalue weighted by Crippen LogP contribution is -2.34. The number of benzene rings is 3. The first-order valence-electron chi connectivity index (χ1n) is 12.8. The van der Waals surface area contributed by atoms with E-state index in [1.54, 1.807) is 44.5 Å². The van der Waals surface area contributed by atoms with Crippen molar-refractivity contribution in [3.8, 4) is 5.75 Å². The standard InChI is InChI=1S/C29H27Cl3F3N5O3/c1-29(2,3)27(42)36-12-14-5-6-19(31)25(24(14)32)39-28-38-20-10-18(22(43-13-23(34)35)11-21(20)40(28)4)26(41)37-17-8-15(30)7-16(33)9-17/h5-11,23H,12-13H2,1-4H3,(H,36,42)(H,37,41)(H,38,39). The minimum Gasteiger partial charge on any atom is -0.487 e. The van der Waals surface area contributed by atoms with E-state index in [-0.39, 0.29) is 50.5 Å². The van der Waals surface area contributed by atoms with Crippen LogP contribution < -0.4 is 20.7 Å². The number of hydrogen-bond donors (Lipinski definition) is 3. The molecule has 0 radical (unpaired) electrons. The molecule has 14 heteroatoms. The minimum absolute atomic E-state index is 0.0540. The number of carbonyl (C=O) groups excluding carboxylic acids is 2. The van der Waals surface area contributed by atoms with Crippen LogP contribution in [0.3, 0.4) is 0 Å². The van der Waals surface area contributed by atoms with E-state index in [9.17, 15) is 22.8 Å². The molecule has 0 fully saturated rings.